The molecule has 0 saturated heterocycles. The lowest BCUT2D eigenvalue weighted by Crippen LogP contribution is -1.92. The largest absolute Gasteiger partial charge is 0.458 e. The molecule has 0 aliphatic carbocycles. The van der Waals surface area contributed by atoms with Gasteiger partial charge in [-0.1, -0.05) is 6.07 Å². The second kappa shape index (κ2) is 5.63. The minimum Gasteiger partial charge on any atom is -0.458 e. The number of hydrogen-bond donors (Lipinski definition) is 0. The molecule has 0 aliphatic heterocycles. The van der Waals surface area contributed by atoms with Crippen LogP contribution in [0.4, 0.5) is 10.1 Å². The van der Waals surface area contributed by atoms with Crippen molar-refractivity contribution in [2.24, 2.45) is 0 Å². The number of ether oxygens (including phenoxy) is 1. The minimum atomic E-state index is -0.564. The molecule has 0 heterocycles. The Hall–Kier alpha value is -2.19. The smallest absolute Gasteiger partial charge is 0.193 e. The van der Waals surface area contributed by atoms with Crippen LogP contribution in [0, 0.1) is 12.4 Å². The van der Waals surface area contributed by atoms with Crippen LogP contribution in [0.25, 0.3) is 4.85 Å². The molecule has 0 radical (unpaired) electrons. The van der Waals surface area contributed by atoms with Crippen LogP contribution in [-0.4, -0.2) is 6.29 Å². The quantitative estimate of drug-likeness (QED) is 0.604. The Labute approximate surface area is 117 Å². The monoisotopic (exact) mass is 319 g/mol. The van der Waals surface area contributed by atoms with Crippen LogP contribution in [0.2, 0.25) is 0 Å². The van der Waals surface area contributed by atoms with Gasteiger partial charge in [-0.05, 0) is 40.2 Å². The lowest BCUT2D eigenvalue weighted by molar-refractivity contribution is 0.112. The molecule has 2 aromatic rings. The van der Waals surface area contributed by atoms with E-state index in [9.17, 15) is 9.18 Å². The van der Waals surface area contributed by atoms with Crippen molar-refractivity contribution >= 4 is 27.9 Å². The zero-order chi connectivity index (χ0) is 13.8. The second-order valence-electron chi connectivity index (χ2n) is 3.63. The topological polar surface area (TPSA) is 30.7 Å². The fourth-order valence-corrected chi connectivity index (χ4v) is 1.96. The average Bonchev–Trinajstić information content (AvgIpc) is 2.38. The summed E-state index contributed by atoms with van der Waals surface area (Å²) in [5, 5.41) is 0. The molecule has 0 fully saturated rings. The molecule has 0 unspecified atom stereocenters. The van der Waals surface area contributed by atoms with Gasteiger partial charge in [-0.15, -0.1) is 0 Å². The van der Waals surface area contributed by atoms with Gasteiger partial charge in [0.05, 0.1) is 12.1 Å². The third kappa shape index (κ3) is 2.98. The number of rotatable bonds is 3. The van der Waals surface area contributed by atoms with Gasteiger partial charge in [0, 0.05) is 10.5 Å². The van der Waals surface area contributed by atoms with Crippen LogP contribution in [0.15, 0.2) is 40.9 Å². The molecular weight excluding hydrogens is 313 g/mol. The van der Waals surface area contributed by atoms with Crippen molar-refractivity contribution in [3.05, 3.63) is 63.7 Å². The molecule has 0 aliphatic rings. The molecule has 0 amide bonds. The number of aldehydes is 1. The highest BCUT2D eigenvalue weighted by Crippen LogP contribution is 2.31. The summed E-state index contributed by atoms with van der Waals surface area (Å²) in [6.07, 6.45) is 0.647. The SMILES string of the molecule is [C-]#[N+]c1cc(F)cc(Oc2cccc(Br)c2C=O)c1. The Morgan fingerprint density at radius 3 is 2.79 bits per heavy atom. The van der Waals surface area contributed by atoms with Gasteiger partial charge in [0.2, 0.25) is 0 Å². The highest BCUT2D eigenvalue weighted by molar-refractivity contribution is 9.10. The predicted octanol–water partition coefficient (Wildman–Crippen LogP) is 4.74. The van der Waals surface area contributed by atoms with E-state index in [1.165, 1.54) is 6.07 Å². The zero-order valence-corrected chi connectivity index (χ0v) is 11.1. The summed E-state index contributed by atoms with van der Waals surface area (Å²) in [6, 6.07) is 8.67. The van der Waals surface area contributed by atoms with E-state index in [1.54, 1.807) is 18.2 Å². The summed E-state index contributed by atoms with van der Waals surface area (Å²) in [5.74, 6) is -0.0933. The number of carbonyl (C=O) groups excluding carboxylic acids is 1. The first kappa shape index (κ1) is 13.2. The minimum absolute atomic E-state index is 0.137. The van der Waals surface area contributed by atoms with Crippen molar-refractivity contribution < 1.29 is 13.9 Å². The molecule has 0 aromatic heterocycles. The first-order valence-corrected chi connectivity index (χ1v) is 6.03. The number of carbonyl (C=O) groups is 1. The van der Waals surface area contributed by atoms with Gasteiger partial charge >= 0.3 is 0 Å². The van der Waals surface area contributed by atoms with E-state index in [-0.39, 0.29) is 11.4 Å². The fourth-order valence-electron chi connectivity index (χ4n) is 1.52. The molecule has 2 rings (SSSR count). The molecule has 94 valence electrons. The van der Waals surface area contributed by atoms with Gasteiger partial charge in [-0.3, -0.25) is 4.79 Å². The van der Waals surface area contributed by atoms with Gasteiger partial charge in [0.15, 0.2) is 12.0 Å². The number of hydrogen-bond acceptors (Lipinski definition) is 2. The van der Waals surface area contributed by atoms with Gasteiger partial charge < -0.3 is 4.74 Å². The van der Waals surface area contributed by atoms with E-state index >= 15 is 0 Å². The summed E-state index contributed by atoms with van der Waals surface area (Å²) in [5.41, 5.74) is 0.466. The molecule has 0 atom stereocenters. The van der Waals surface area contributed by atoms with Crippen LogP contribution < -0.4 is 4.74 Å². The van der Waals surface area contributed by atoms with Crippen LogP contribution in [0.3, 0.4) is 0 Å². The third-order valence-corrected chi connectivity index (χ3v) is 3.04. The Morgan fingerprint density at radius 2 is 2.11 bits per heavy atom. The summed E-state index contributed by atoms with van der Waals surface area (Å²) in [4.78, 5) is 14.1. The van der Waals surface area contributed by atoms with Crippen molar-refractivity contribution in [3.8, 4) is 11.5 Å². The first-order valence-electron chi connectivity index (χ1n) is 5.23. The van der Waals surface area contributed by atoms with Gasteiger partial charge in [-0.2, -0.15) is 0 Å². The molecule has 19 heavy (non-hydrogen) atoms. The van der Waals surface area contributed by atoms with Gasteiger partial charge in [0.25, 0.3) is 0 Å². The summed E-state index contributed by atoms with van der Waals surface area (Å²) in [7, 11) is 0. The van der Waals surface area contributed by atoms with E-state index in [0.717, 1.165) is 12.1 Å². The molecule has 0 bridgehead atoms. The third-order valence-electron chi connectivity index (χ3n) is 2.34. The first-order chi connectivity index (χ1) is 9.13. The fraction of sp³-hybridized carbons (Fsp3) is 0. The van der Waals surface area contributed by atoms with Crippen molar-refractivity contribution in [1.29, 1.82) is 0 Å². The van der Waals surface area contributed by atoms with Crippen LogP contribution in [-0.2, 0) is 0 Å². The van der Waals surface area contributed by atoms with Gasteiger partial charge in [-0.25, -0.2) is 9.24 Å². The van der Waals surface area contributed by atoms with E-state index in [0.29, 0.717) is 22.1 Å². The van der Waals surface area contributed by atoms with E-state index < -0.39 is 5.82 Å². The molecule has 0 spiro atoms. The van der Waals surface area contributed by atoms with Crippen molar-refractivity contribution in [2.75, 3.05) is 0 Å². The molecular formula is C14H7BrFNO2. The summed E-state index contributed by atoms with van der Waals surface area (Å²) >= 11 is 3.23. The Morgan fingerprint density at radius 1 is 1.32 bits per heavy atom. The zero-order valence-electron chi connectivity index (χ0n) is 9.56. The van der Waals surface area contributed by atoms with Crippen molar-refractivity contribution in [1.82, 2.24) is 0 Å². The Balaban J connectivity index is 2.42. The van der Waals surface area contributed by atoms with Crippen LogP contribution >= 0.6 is 15.9 Å². The number of benzene rings is 2. The van der Waals surface area contributed by atoms with Crippen molar-refractivity contribution in [3.63, 3.8) is 0 Å². The molecule has 3 nitrogen and oxygen atoms in total. The Bertz CT molecular complexity index is 680. The lowest BCUT2D eigenvalue weighted by atomic mass is 10.2. The molecule has 2 aromatic carbocycles. The number of nitrogens with zero attached hydrogens (tertiary/aromatic N) is 1. The van der Waals surface area contributed by atoms with Crippen LogP contribution in [0.5, 0.6) is 11.5 Å². The maximum Gasteiger partial charge on any atom is 0.193 e. The summed E-state index contributed by atoms with van der Waals surface area (Å²) in [6.45, 7) is 6.87. The highest BCUT2D eigenvalue weighted by atomic mass is 79.9. The second-order valence-corrected chi connectivity index (χ2v) is 4.48. The van der Waals surface area contributed by atoms with E-state index in [4.69, 9.17) is 11.3 Å². The molecule has 5 heteroatoms. The summed E-state index contributed by atoms with van der Waals surface area (Å²) < 4.78 is 19.3. The lowest BCUT2D eigenvalue weighted by Gasteiger charge is -2.09. The van der Waals surface area contributed by atoms with Crippen LogP contribution in [0.1, 0.15) is 10.4 Å². The van der Waals surface area contributed by atoms with Crippen molar-refractivity contribution in [2.45, 2.75) is 0 Å². The average molecular weight is 320 g/mol. The maximum atomic E-state index is 13.3. The standard InChI is InChI=1S/C14H7BrFNO2/c1-17-10-5-9(16)6-11(7-10)19-14-4-2-3-13(15)12(14)8-18/h2-8H. The van der Waals surface area contributed by atoms with E-state index in [2.05, 4.69) is 20.8 Å². The Kier molecular flexibility index (Phi) is 3.93. The normalized spacial score (nSPS) is 9.74. The highest BCUT2D eigenvalue weighted by Gasteiger charge is 2.09. The molecule has 0 saturated carbocycles. The number of halogens is 2. The predicted molar refractivity (Wildman–Crippen MR) is 72.3 cm³/mol. The van der Waals surface area contributed by atoms with Gasteiger partial charge in [0.1, 0.15) is 17.3 Å². The molecule has 0 N–H and O–H groups in total. The maximum absolute atomic E-state index is 13.3. The van der Waals surface area contributed by atoms with E-state index in [1.807, 2.05) is 0 Å².